The Morgan fingerprint density at radius 2 is 1.81 bits per heavy atom. The summed E-state index contributed by atoms with van der Waals surface area (Å²) >= 11 is 0. The van der Waals surface area contributed by atoms with E-state index >= 15 is 0 Å². The predicted octanol–water partition coefficient (Wildman–Crippen LogP) is 3.94. The van der Waals surface area contributed by atoms with Gasteiger partial charge in [-0.1, -0.05) is 36.4 Å². The number of anilines is 2. The lowest BCUT2D eigenvalue weighted by Gasteiger charge is -2.14. The second-order valence-electron chi connectivity index (χ2n) is 6.64. The van der Waals surface area contributed by atoms with Gasteiger partial charge in [-0.3, -0.25) is 4.79 Å². The van der Waals surface area contributed by atoms with Gasteiger partial charge in [-0.15, -0.1) is 10.2 Å². The lowest BCUT2D eigenvalue weighted by Crippen LogP contribution is -2.15. The molecule has 1 saturated carbocycles. The molecular weight excluding hydrogens is 324 g/mol. The number of nitrogens with one attached hydrogen (secondary N) is 1. The number of amides is 1. The topological polar surface area (TPSA) is 80.9 Å². The van der Waals surface area contributed by atoms with Crippen molar-refractivity contribution in [1.82, 2.24) is 10.2 Å². The van der Waals surface area contributed by atoms with E-state index in [4.69, 9.17) is 5.73 Å². The number of hydrogen-bond donors (Lipinski definition) is 2. The van der Waals surface area contributed by atoms with E-state index in [0.717, 1.165) is 28.9 Å². The zero-order valence-corrected chi connectivity index (χ0v) is 14.4. The summed E-state index contributed by atoms with van der Waals surface area (Å²) in [6.07, 6.45) is 3.27. The zero-order valence-electron chi connectivity index (χ0n) is 14.4. The van der Waals surface area contributed by atoms with Gasteiger partial charge in [0.1, 0.15) is 0 Å². The van der Waals surface area contributed by atoms with E-state index in [1.807, 2.05) is 54.6 Å². The molecule has 3 aromatic rings. The first-order valence-electron chi connectivity index (χ1n) is 8.78. The molecule has 2 aromatic carbocycles. The molecule has 0 aliphatic heterocycles. The molecule has 5 heteroatoms. The third-order valence-electron chi connectivity index (χ3n) is 4.63. The van der Waals surface area contributed by atoms with Crippen molar-refractivity contribution in [3.63, 3.8) is 0 Å². The van der Waals surface area contributed by atoms with Crippen molar-refractivity contribution in [1.29, 1.82) is 0 Å². The standard InChI is InChI=1S/C21H20N4O/c22-21(26)16-7-4-8-19(17(16)13-14-9-10-14)23-20-12-11-18(24-25-20)15-5-2-1-3-6-15/h1-8,11-12,14H,9-10,13H2,(H2,22,26)(H,23,25). The van der Waals surface area contributed by atoms with Crippen molar-refractivity contribution in [2.24, 2.45) is 11.7 Å². The molecule has 1 aliphatic carbocycles. The van der Waals surface area contributed by atoms with Gasteiger partial charge in [0.15, 0.2) is 5.82 Å². The third kappa shape index (κ3) is 3.57. The number of aromatic nitrogens is 2. The summed E-state index contributed by atoms with van der Waals surface area (Å²) in [4.78, 5) is 11.8. The van der Waals surface area contributed by atoms with Gasteiger partial charge < -0.3 is 11.1 Å². The van der Waals surface area contributed by atoms with E-state index < -0.39 is 5.91 Å². The minimum atomic E-state index is -0.394. The fourth-order valence-electron chi connectivity index (χ4n) is 3.07. The van der Waals surface area contributed by atoms with E-state index in [9.17, 15) is 4.79 Å². The first kappa shape index (κ1) is 16.3. The Kier molecular flexibility index (Phi) is 4.35. The molecule has 0 saturated heterocycles. The second-order valence-corrected chi connectivity index (χ2v) is 6.64. The highest BCUT2D eigenvalue weighted by molar-refractivity contribution is 5.96. The summed E-state index contributed by atoms with van der Waals surface area (Å²) in [5.74, 6) is 0.890. The number of carbonyl (C=O) groups excluding carboxylic acids is 1. The van der Waals surface area contributed by atoms with Crippen molar-refractivity contribution in [3.8, 4) is 11.3 Å². The van der Waals surface area contributed by atoms with Gasteiger partial charge in [-0.25, -0.2) is 0 Å². The minimum Gasteiger partial charge on any atom is -0.366 e. The Hall–Kier alpha value is -3.21. The molecule has 0 atom stereocenters. The average molecular weight is 344 g/mol. The molecule has 1 heterocycles. The number of benzene rings is 2. The molecule has 0 unspecified atom stereocenters. The minimum absolute atomic E-state index is 0.394. The van der Waals surface area contributed by atoms with Gasteiger partial charge in [0, 0.05) is 16.8 Å². The Balaban J connectivity index is 1.60. The first-order valence-corrected chi connectivity index (χ1v) is 8.78. The first-order chi connectivity index (χ1) is 12.7. The van der Waals surface area contributed by atoms with E-state index in [-0.39, 0.29) is 0 Å². The number of carbonyl (C=O) groups is 1. The van der Waals surface area contributed by atoms with Gasteiger partial charge in [-0.2, -0.15) is 0 Å². The van der Waals surface area contributed by atoms with E-state index in [1.165, 1.54) is 12.8 Å². The average Bonchev–Trinajstić information content (AvgIpc) is 3.48. The summed E-state index contributed by atoms with van der Waals surface area (Å²) in [5, 5.41) is 11.9. The molecular formula is C21H20N4O. The van der Waals surface area contributed by atoms with Crippen LogP contribution in [0, 0.1) is 5.92 Å². The summed E-state index contributed by atoms with van der Waals surface area (Å²) in [6, 6.07) is 19.3. The van der Waals surface area contributed by atoms with Crippen molar-refractivity contribution in [3.05, 3.63) is 71.8 Å². The number of nitrogens with zero attached hydrogens (tertiary/aromatic N) is 2. The summed E-state index contributed by atoms with van der Waals surface area (Å²) in [6.45, 7) is 0. The lowest BCUT2D eigenvalue weighted by atomic mass is 9.99. The van der Waals surface area contributed by atoms with Gasteiger partial charge in [0.2, 0.25) is 5.91 Å². The lowest BCUT2D eigenvalue weighted by molar-refractivity contribution is 0.0999. The zero-order chi connectivity index (χ0) is 17.9. The normalized spacial score (nSPS) is 13.4. The van der Waals surface area contributed by atoms with Crippen molar-refractivity contribution in [2.45, 2.75) is 19.3 Å². The number of hydrogen-bond acceptors (Lipinski definition) is 4. The summed E-state index contributed by atoms with van der Waals surface area (Å²) < 4.78 is 0. The Labute approximate surface area is 152 Å². The molecule has 3 N–H and O–H groups in total. The highest BCUT2D eigenvalue weighted by Crippen LogP contribution is 2.36. The molecule has 1 fully saturated rings. The molecule has 0 bridgehead atoms. The summed E-state index contributed by atoms with van der Waals surface area (Å²) in [5.41, 5.74) is 9.83. The number of rotatable bonds is 6. The van der Waals surface area contributed by atoms with Crippen LogP contribution in [0.1, 0.15) is 28.8 Å². The van der Waals surface area contributed by atoms with Crippen LogP contribution in [0.4, 0.5) is 11.5 Å². The molecule has 1 amide bonds. The van der Waals surface area contributed by atoms with Gasteiger partial charge in [-0.05, 0) is 55.0 Å². The van der Waals surface area contributed by atoms with Crippen LogP contribution in [0.15, 0.2) is 60.7 Å². The monoisotopic (exact) mass is 344 g/mol. The maximum Gasteiger partial charge on any atom is 0.249 e. The second kappa shape index (κ2) is 6.96. The van der Waals surface area contributed by atoms with Crippen LogP contribution in [0.2, 0.25) is 0 Å². The highest BCUT2D eigenvalue weighted by Gasteiger charge is 2.25. The molecule has 1 aliphatic rings. The van der Waals surface area contributed by atoms with E-state index in [2.05, 4.69) is 15.5 Å². The molecule has 4 rings (SSSR count). The van der Waals surface area contributed by atoms with Gasteiger partial charge in [0.05, 0.1) is 5.69 Å². The molecule has 26 heavy (non-hydrogen) atoms. The Morgan fingerprint density at radius 3 is 2.46 bits per heavy atom. The van der Waals surface area contributed by atoms with Crippen molar-refractivity contribution >= 4 is 17.4 Å². The highest BCUT2D eigenvalue weighted by atomic mass is 16.1. The molecule has 0 spiro atoms. The Bertz CT molecular complexity index is 919. The van der Waals surface area contributed by atoms with Crippen LogP contribution < -0.4 is 11.1 Å². The summed E-state index contributed by atoms with van der Waals surface area (Å²) in [7, 11) is 0. The maximum absolute atomic E-state index is 11.8. The predicted molar refractivity (Wildman–Crippen MR) is 102 cm³/mol. The van der Waals surface area contributed by atoms with Crippen LogP contribution in [-0.4, -0.2) is 16.1 Å². The molecule has 1 aromatic heterocycles. The van der Waals surface area contributed by atoms with Gasteiger partial charge >= 0.3 is 0 Å². The number of nitrogens with two attached hydrogens (primary N) is 1. The largest absolute Gasteiger partial charge is 0.366 e. The third-order valence-corrected chi connectivity index (χ3v) is 4.63. The Morgan fingerprint density at radius 1 is 1.00 bits per heavy atom. The fourth-order valence-corrected chi connectivity index (χ4v) is 3.07. The van der Waals surface area contributed by atoms with Gasteiger partial charge in [0.25, 0.3) is 0 Å². The van der Waals surface area contributed by atoms with Crippen molar-refractivity contribution < 1.29 is 4.79 Å². The van der Waals surface area contributed by atoms with Crippen LogP contribution in [0.5, 0.6) is 0 Å². The van der Waals surface area contributed by atoms with Crippen LogP contribution in [0.3, 0.4) is 0 Å². The van der Waals surface area contributed by atoms with Crippen LogP contribution in [-0.2, 0) is 6.42 Å². The number of primary amides is 1. The smallest absolute Gasteiger partial charge is 0.249 e. The van der Waals surface area contributed by atoms with Crippen LogP contribution >= 0.6 is 0 Å². The quantitative estimate of drug-likeness (QED) is 0.710. The molecule has 0 radical (unpaired) electrons. The molecule has 130 valence electrons. The van der Waals surface area contributed by atoms with E-state index in [0.29, 0.717) is 17.3 Å². The van der Waals surface area contributed by atoms with Crippen LogP contribution in [0.25, 0.3) is 11.3 Å². The SMILES string of the molecule is NC(=O)c1cccc(Nc2ccc(-c3ccccc3)nn2)c1CC1CC1. The van der Waals surface area contributed by atoms with Crippen molar-refractivity contribution in [2.75, 3.05) is 5.32 Å². The van der Waals surface area contributed by atoms with E-state index in [1.54, 1.807) is 6.07 Å². The maximum atomic E-state index is 11.8. The fraction of sp³-hybridized carbons (Fsp3) is 0.190. The molecule has 5 nitrogen and oxygen atoms in total.